The third kappa shape index (κ3) is 4.37. The summed E-state index contributed by atoms with van der Waals surface area (Å²) in [5.41, 5.74) is 0.824. The van der Waals surface area contributed by atoms with Crippen molar-refractivity contribution < 1.29 is 24.4 Å². The van der Waals surface area contributed by atoms with Gasteiger partial charge in [-0.05, 0) is 36.2 Å². The van der Waals surface area contributed by atoms with Crippen molar-refractivity contribution >= 4 is 40.5 Å². The Hall–Kier alpha value is -3.17. The van der Waals surface area contributed by atoms with E-state index in [9.17, 15) is 24.8 Å². The van der Waals surface area contributed by atoms with Crippen molar-refractivity contribution in [3.8, 4) is 5.75 Å². The monoisotopic (exact) mass is 428 g/mol. The lowest BCUT2D eigenvalue weighted by Gasteiger charge is -2.16. The second kappa shape index (κ2) is 9.55. The summed E-state index contributed by atoms with van der Waals surface area (Å²) < 4.78 is 5.60. The van der Waals surface area contributed by atoms with E-state index >= 15 is 0 Å². The molecule has 1 aliphatic heterocycles. The molecule has 0 radical (unpaired) electrons. The molecule has 2 amide bonds. The van der Waals surface area contributed by atoms with E-state index in [2.05, 4.69) is 0 Å². The van der Waals surface area contributed by atoms with Gasteiger partial charge in [0, 0.05) is 24.0 Å². The van der Waals surface area contributed by atoms with Crippen molar-refractivity contribution in [2.24, 2.45) is 0 Å². The summed E-state index contributed by atoms with van der Waals surface area (Å²) in [4.78, 5) is 38.0. The number of non-ortho nitro benzene ring substituents is 1. The van der Waals surface area contributed by atoms with Crippen LogP contribution in [0.4, 0.5) is 11.4 Å². The van der Waals surface area contributed by atoms with Gasteiger partial charge in [0.15, 0.2) is 0 Å². The summed E-state index contributed by atoms with van der Waals surface area (Å²) in [5.74, 6) is -0.247. The molecule has 2 aromatic carbocycles. The van der Waals surface area contributed by atoms with E-state index in [-0.39, 0.29) is 28.5 Å². The zero-order valence-corrected chi connectivity index (χ0v) is 17.1. The molecule has 0 atom stereocenters. The molecule has 1 heterocycles. The maximum atomic E-state index is 13.2. The molecule has 0 unspecified atom stereocenters. The second-order valence-electron chi connectivity index (χ2n) is 6.37. The number of aliphatic hydroxyl groups is 1. The van der Waals surface area contributed by atoms with Crippen LogP contribution < -0.4 is 9.64 Å². The highest BCUT2D eigenvalue weighted by molar-refractivity contribution is 8.04. The SMILES string of the molecule is CCCOc1cccc(N2C(=O)C(SCCO)=C(c3ccc([N+](=O)[O-])cc3)C2=O)c1. The minimum Gasteiger partial charge on any atom is -0.494 e. The summed E-state index contributed by atoms with van der Waals surface area (Å²) in [6.45, 7) is 2.32. The number of hydrogen-bond acceptors (Lipinski definition) is 7. The normalized spacial score (nSPS) is 13.9. The van der Waals surface area contributed by atoms with Gasteiger partial charge in [0.25, 0.3) is 17.5 Å². The first-order valence-electron chi connectivity index (χ1n) is 9.32. The Kier molecular flexibility index (Phi) is 6.86. The molecule has 156 valence electrons. The summed E-state index contributed by atoms with van der Waals surface area (Å²) in [7, 11) is 0. The van der Waals surface area contributed by atoms with Gasteiger partial charge in [-0.2, -0.15) is 0 Å². The summed E-state index contributed by atoms with van der Waals surface area (Å²) in [6.07, 6.45) is 0.819. The fourth-order valence-electron chi connectivity index (χ4n) is 2.96. The molecule has 0 aromatic heterocycles. The van der Waals surface area contributed by atoms with Gasteiger partial charge < -0.3 is 9.84 Å². The fourth-order valence-corrected chi connectivity index (χ4v) is 3.82. The lowest BCUT2D eigenvalue weighted by atomic mass is 10.1. The molecule has 3 rings (SSSR count). The van der Waals surface area contributed by atoms with E-state index in [0.717, 1.165) is 23.1 Å². The van der Waals surface area contributed by atoms with Gasteiger partial charge in [-0.1, -0.05) is 13.0 Å². The molecule has 9 heteroatoms. The standard InChI is InChI=1S/C21H20N2O6S/c1-2-11-29-17-5-3-4-16(13-17)22-20(25)18(19(21(22)26)30-12-10-24)14-6-8-15(9-7-14)23(27)28/h3-9,13,24H,2,10-12H2,1H3. The highest BCUT2D eigenvalue weighted by atomic mass is 32.2. The third-order valence-corrected chi connectivity index (χ3v) is 5.35. The average Bonchev–Trinajstić information content (AvgIpc) is 3.00. The number of nitrogens with zero attached hydrogens (tertiary/aromatic N) is 2. The smallest absolute Gasteiger partial charge is 0.272 e. The van der Waals surface area contributed by atoms with E-state index < -0.39 is 16.7 Å². The van der Waals surface area contributed by atoms with E-state index in [1.54, 1.807) is 24.3 Å². The van der Waals surface area contributed by atoms with Gasteiger partial charge in [0.1, 0.15) is 5.75 Å². The zero-order valence-electron chi connectivity index (χ0n) is 16.2. The van der Waals surface area contributed by atoms with Crippen LogP contribution >= 0.6 is 11.8 Å². The van der Waals surface area contributed by atoms with E-state index in [0.29, 0.717) is 23.6 Å². The molecule has 0 saturated heterocycles. The predicted octanol–water partition coefficient (Wildman–Crippen LogP) is 3.39. The number of hydrogen-bond donors (Lipinski definition) is 1. The van der Waals surface area contributed by atoms with E-state index in [4.69, 9.17) is 4.74 Å². The first-order valence-corrected chi connectivity index (χ1v) is 10.3. The quantitative estimate of drug-likeness (QED) is 0.370. The number of carbonyl (C=O) groups excluding carboxylic acids is 2. The molecule has 0 aliphatic carbocycles. The molecule has 30 heavy (non-hydrogen) atoms. The number of ether oxygens (including phenoxy) is 1. The fraction of sp³-hybridized carbons (Fsp3) is 0.238. The van der Waals surface area contributed by atoms with Gasteiger partial charge in [-0.15, -0.1) is 11.8 Å². The number of aliphatic hydroxyl groups excluding tert-OH is 1. The lowest BCUT2D eigenvalue weighted by Crippen LogP contribution is -2.31. The Morgan fingerprint density at radius 1 is 1.13 bits per heavy atom. The summed E-state index contributed by atoms with van der Waals surface area (Å²) >= 11 is 1.08. The van der Waals surface area contributed by atoms with Crippen molar-refractivity contribution in [3.63, 3.8) is 0 Å². The molecule has 2 aromatic rings. The molecule has 0 spiro atoms. The minimum absolute atomic E-state index is 0.113. The van der Waals surface area contributed by atoms with Crippen LogP contribution in [0.1, 0.15) is 18.9 Å². The molecule has 1 N–H and O–H groups in total. The van der Waals surface area contributed by atoms with E-state index in [1.165, 1.54) is 24.3 Å². The predicted molar refractivity (Wildman–Crippen MR) is 114 cm³/mol. The van der Waals surface area contributed by atoms with Crippen LogP contribution in [-0.4, -0.2) is 40.8 Å². The number of nitro benzene ring substituents is 1. The first-order chi connectivity index (χ1) is 14.5. The number of benzene rings is 2. The van der Waals surface area contributed by atoms with Gasteiger partial charge in [-0.25, -0.2) is 4.90 Å². The molecule has 8 nitrogen and oxygen atoms in total. The van der Waals surface area contributed by atoms with Crippen molar-refractivity contribution in [1.82, 2.24) is 0 Å². The maximum absolute atomic E-state index is 13.2. The topological polar surface area (TPSA) is 110 Å². The van der Waals surface area contributed by atoms with Crippen molar-refractivity contribution in [2.75, 3.05) is 23.9 Å². The molecule has 0 bridgehead atoms. The van der Waals surface area contributed by atoms with Gasteiger partial charge >= 0.3 is 0 Å². The maximum Gasteiger partial charge on any atom is 0.272 e. The number of carbonyl (C=O) groups is 2. The van der Waals surface area contributed by atoms with E-state index in [1.807, 2.05) is 6.92 Å². The van der Waals surface area contributed by atoms with Crippen molar-refractivity contribution in [2.45, 2.75) is 13.3 Å². The van der Waals surface area contributed by atoms with Crippen LogP contribution in [0, 0.1) is 10.1 Å². The molecule has 1 aliphatic rings. The number of thioether (sulfide) groups is 1. The zero-order chi connectivity index (χ0) is 21.7. The van der Waals surface area contributed by atoms with Crippen LogP contribution in [0.5, 0.6) is 5.75 Å². The molecule has 0 fully saturated rings. The summed E-state index contributed by atoms with van der Waals surface area (Å²) in [5, 5.41) is 20.1. The average molecular weight is 428 g/mol. The van der Waals surface area contributed by atoms with Crippen molar-refractivity contribution in [3.05, 3.63) is 69.1 Å². The Labute approximate surface area is 177 Å². The second-order valence-corrected chi connectivity index (χ2v) is 7.48. The van der Waals surface area contributed by atoms with Crippen LogP contribution in [0.2, 0.25) is 0 Å². The first kappa shape index (κ1) is 21.5. The van der Waals surface area contributed by atoms with Gasteiger partial charge in [0.2, 0.25) is 0 Å². The Morgan fingerprint density at radius 3 is 2.50 bits per heavy atom. The van der Waals surface area contributed by atoms with Gasteiger partial charge in [0.05, 0.1) is 34.3 Å². The highest BCUT2D eigenvalue weighted by Crippen LogP contribution is 2.39. The number of amides is 2. The number of rotatable bonds is 9. The highest BCUT2D eigenvalue weighted by Gasteiger charge is 2.40. The van der Waals surface area contributed by atoms with Crippen LogP contribution in [0.25, 0.3) is 5.57 Å². The largest absolute Gasteiger partial charge is 0.494 e. The summed E-state index contributed by atoms with van der Waals surface area (Å²) in [6, 6.07) is 12.2. The Bertz CT molecular complexity index is 1000. The molecular formula is C21H20N2O6S. The van der Waals surface area contributed by atoms with Crippen LogP contribution in [0.3, 0.4) is 0 Å². The van der Waals surface area contributed by atoms with Crippen LogP contribution in [-0.2, 0) is 9.59 Å². The van der Waals surface area contributed by atoms with Crippen molar-refractivity contribution in [1.29, 1.82) is 0 Å². The third-order valence-electron chi connectivity index (χ3n) is 4.29. The lowest BCUT2D eigenvalue weighted by molar-refractivity contribution is -0.384. The number of imide groups is 1. The van der Waals surface area contributed by atoms with Crippen LogP contribution in [0.15, 0.2) is 53.4 Å². The van der Waals surface area contributed by atoms with Gasteiger partial charge in [-0.3, -0.25) is 19.7 Å². The Morgan fingerprint density at radius 2 is 1.87 bits per heavy atom. The number of anilines is 1. The molecule has 0 saturated carbocycles. The molecular weight excluding hydrogens is 408 g/mol. The minimum atomic E-state index is -0.532. The Balaban J connectivity index is 2.00. The number of nitro groups is 1.